The Labute approximate surface area is 206 Å². The molecule has 6 nitrogen and oxygen atoms in total. The average molecular weight is 468 g/mol. The van der Waals surface area contributed by atoms with Gasteiger partial charge in [0.15, 0.2) is 0 Å². The van der Waals surface area contributed by atoms with E-state index >= 15 is 0 Å². The molecule has 0 radical (unpaired) electrons. The highest BCUT2D eigenvalue weighted by atomic mass is 16.1. The minimum absolute atomic E-state index is 0.212. The molecule has 180 valence electrons. The van der Waals surface area contributed by atoms with Crippen molar-refractivity contribution in [3.05, 3.63) is 65.9 Å². The second kappa shape index (κ2) is 9.82. The molecule has 1 saturated heterocycles. The number of carbonyl (C=O) groups excluding carboxylic acids is 1. The molecule has 0 unspecified atom stereocenters. The molecule has 3 aromatic rings. The van der Waals surface area contributed by atoms with Crippen LogP contribution in [0.15, 0.2) is 55.4 Å². The lowest BCUT2D eigenvalue weighted by Crippen LogP contribution is -2.33. The Morgan fingerprint density at radius 1 is 1.14 bits per heavy atom. The summed E-state index contributed by atoms with van der Waals surface area (Å²) in [5.74, 6) is 1.29. The van der Waals surface area contributed by atoms with Crippen molar-refractivity contribution >= 4 is 40.9 Å². The number of rotatable bonds is 6. The fourth-order valence-corrected chi connectivity index (χ4v) is 5.04. The summed E-state index contributed by atoms with van der Waals surface area (Å²) < 4.78 is 2.20. The summed E-state index contributed by atoms with van der Waals surface area (Å²) in [7, 11) is 2.10. The van der Waals surface area contributed by atoms with Gasteiger partial charge in [-0.05, 0) is 73.6 Å². The fraction of sp³-hybridized carbons (Fsp3) is 0.310. The zero-order valence-corrected chi connectivity index (χ0v) is 20.6. The summed E-state index contributed by atoms with van der Waals surface area (Å²) in [6, 6.07) is 10.3. The van der Waals surface area contributed by atoms with E-state index in [9.17, 15) is 4.79 Å². The zero-order chi connectivity index (χ0) is 24.4. The minimum Gasteiger partial charge on any atom is -0.370 e. The summed E-state index contributed by atoms with van der Waals surface area (Å²) in [5.41, 5.74) is 5.05. The Hall–Kier alpha value is -3.80. The van der Waals surface area contributed by atoms with Crippen molar-refractivity contribution in [2.45, 2.75) is 32.6 Å². The topological polar surface area (TPSA) is 62.2 Å². The Balaban J connectivity index is 1.44. The van der Waals surface area contributed by atoms with Crippen molar-refractivity contribution in [3.63, 3.8) is 0 Å². The standard InChI is InChI=1S/C29H33N5O/c1-4-29(35)32-25-18-22(9-10-27(25)34-15-12-20(2)13-16-34)31-28-17-21(11-14-30-28)24-19-33(3)26-8-6-5-7-23(24)26/h4,7-11,14,17-20H,1,5-6,12-13,15-16H2,2-3H3,(H,30,31)(H,32,35). The highest BCUT2D eigenvalue weighted by Crippen LogP contribution is 2.33. The molecule has 2 aliphatic rings. The first kappa shape index (κ1) is 23.0. The third kappa shape index (κ3) is 4.87. The third-order valence-electron chi connectivity index (χ3n) is 7.03. The number of anilines is 4. The number of nitrogens with one attached hydrogen (secondary N) is 2. The maximum absolute atomic E-state index is 12.2. The number of carbonyl (C=O) groups is 1. The monoisotopic (exact) mass is 467 g/mol. The number of benzene rings is 1. The molecule has 3 heterocycles. The van der Waals surface area contributed by atoms with Crippen LogP contribution in [-0.2, 0) is 11.8 Å². The molecule has 1 aromatic carbocycles. The second-order valence-electron chi connectivity index (χ2n) is 9.59. The van der Waals surface area contributed by atoms with Crippen LogP contribution in [0.25, 0.3) is 23.3 Å². The Kier molecular flexibility index (Phi) is 6.45. The van der Waals surface area contributed by atoms with Gasteiger partial charge in [-0.2, -0.15) is 0 Å². The highest BCUT2D eigenvalue weighted by Gasteiger charge is 2.19. The fourth-order valence-electron chi connectivity index (χ4n) is 5.04. The maximum atomic E-state index is 12.2. The van der Waals surface area contributed by atoms with Crippen LogP contribution in [0, 0.1) is 5.92 Å². The van der Waals surface area contributed by atoms with Crippen LogP contribution in [0.3, 0.4) is 0 Å². The van der Waals surface area contributed by atoms with Crippen molar-refractivity contribution in [3.8, 4) is 11.1 Å². The largest absolute Gasteiger partial charge is 0.370 e. The van der Waals surface area contributed by atoms with E-state index in [2.05, 4.69) is 88.2 Å². The highest BCUT2D eigenvalue weighted by molar-refractivity contribution is 6.01. The summed E-state index contributed by atoms with van der Waals surface area (Å²) in [4.78, 5) is 19.1. The molecule has 5 rings (SSSR count). The molecule has 1 amide bonds. The van der Waals surface area contributed by atoms with Crippen molar-refractivity contribution in [1.82, 2.24) is 9.55 Å². The second-order valence-corrected chi connectivity index (χ2v) is 9.59. The number of pyridine rings is 1. The van der Waals surface area contributed by atoms with E-state index in [0.717, 1.165) is 73.1 Å². The van der Waals surface area contributed by atoms with Gasteiger partial charge in [-0.3, -0.25) is 4.79 Å². The lowest BCUT2D eigenvalue weighted by Gasteiger charge is -2.33. The van der Waals surface area contributed by atoms with Gasteiger partial charge in [0.05, 0.1) is 11.4 Å². The number of hydrogen-bond donors (Lipinski definition) is 2. The van der Waals surface area contributed by atoms with Crippen molar-refractivity contribution in [1.29, 1.82) is 0 Å². The van der Waals surface area contributed by atoms with Crippen molar-refractivity contribution < 1.29 is 4.79 Å². The summed E-state index contributed by atoms with van der Waals surface area (Å²) in [6.07, 6.45) is 14.4. The van der Waals surface area contributed by atoms with E-state index in [4.69, 9.17) is 0 Å². The molecule has 2 aromatic heterocycles. The molecular formula is C29H33N5O. The zero-order valence-electron chi connectivity index (χ0n) is 20.6. The summed E-state index contributed by atoms with van der Waals surface area (Å²) >= 11 is 0. The van der Waals surface area contributed by atoms with Gasteiger partial charge in [-0.1, -0.05) is 25.7 Å². The lowest BCUT2D eigenvalue weighted by molar-refractivity contribution is -0.111. The van der Waals surface area contributed by atoms with E-state index in [-0.39, 0.29) is 5.91 Å². The Morgan fingerprint density at radius 2 is 1.94 bits per heavy atom. The van der Waals surface area contributed by atoms with Gasteiger partial charge < -0.3 is 20.1 Å². The molecule has 6 heteroatoms. The predicted molar refractivity (Wildman–Crippen MR) is 145 cm³/mol. The van der Waals surface area contributed by atoms with E-state index in [1.165, 1.54) is 22.2 Å². The molecule has 35 heavy (non-hydrogen) atoms. The van der Waals surface area contributed by atoms with Crippen molar-refractivity contribution in [2.24, 2.45) is 13.0 Å². The van der Waals surface area contributed by atoms with Gasteiger partial charge in [0.2, 0.25) is 5.91 Å². The molecule has 0 spiro atoms. The molecule has 0 atom stereocenters. The Morgan fingerprint density at radius 3 is 2.74 bits per heavy atom. The van der Waals surface area contributed by atoms with Crippen LogP contribution in [0.4, 0.5) is 22.9 Å². The molecular weight excluding hydrogens is 434 g/mol. The molecule has 1 aliphatic carbocycles. The summed E-state index contributed by atoms with van der Waals surface area (Å²) in [6.45, 7) is 7.89. The van der Waals surface area contributed by atoms with Crippen LogP contribution in [0.2, 0.25) is 0 Å². The van der Waals surface area contributed by atoms with Gasteiger partial charge in [0, 0.05) is 54.3 Å². The lowest BCUT2D eigenvalue weighted by atomic mass is 9.98. The van der Waals surface area contributed by atoms with Crippen LogP contribution < -0.4 is 26.1 Å². The maximum Gasteiger partial charge on any atom is 0.247 e. The van der Waals surface area contributed by atoms with Crippen LogP contribution in [0.1, 0.15) is 32.6 Å². The average Bonchev–Trinajstić information content (AvgIpc) is 3.22. The van der Waals surface area contributed by atoms with E-state index in [0.29, 0.717) is 0 Å². The first-order chi connectivity index (χ1) is 17.0. The Bertz CT molecular complexity index is 1380. The predicted octanol–water partition coefficient (Wildman–Crippen LogP) is 4.55. The first-order valence-corrected chi connectivity index (χ1v) is 12.4. The number of aryl methyl sites for hydroxylation is 1. The number of amides is 1. The van der Waals surface area contributed by atoms with E-state index < -0.39 is 0 Å². The molecule has 0 bridgehead atoms. The van der Waals surface area contributed by atoms with Gasteiger partial charge in [0.25, 0.3) is 0 Å². The van der Waals surface area contributed by atoms with Crippen molar-refractivity contribution in [2.75, 3.05) is 28.6 Å². The van der Waals surface area contributed by atoms with Gasteiger partial charge in [0.1, 0.15) is 5.82 Å². The molecule has 2 N–H and O–H groups in total. The molecule has 1 fully saturated rings. The number of nitrogens with zero attached hydrogens (tertiary/aromatic N) is 3. The quantitative estimate of drug-likeness (QED) is 0.523. The normalized spacial score (nSPS) is 15.5. The van der Waals surface area contributed by atoms with Gasteiger partial charge in [-0.15, -0.1) is 0 Å². The van der Waals surface area contributed by atoms with Crippen LogP contribution >= 0.6 is 0 Å². The number of aromatic nitrogens is 2. The van der Waals surface area contributed by atoms with Crippen LogP contribution in [-0.4, -0.2) is 28.5 Å². The van der Waals surface area contributed by atoms with Gasteiger partial charge >= 0.3 is 0 Å². The third-order valence-corrected chi connectivity index (χ3v) is 7.03. The first-order valence-electron chi connectivity index (χ1n) is 12.4. The van der Waals surface area contributed by atoms with Crippen LogP contribution in [0.5, 0.6) is 0 Å². The molecule has 1 aliphatic heterocycles. The smallest absolute Gasteiger partial charge is 0.247 e. The number of fused-ring (bicyclic) bond motifs is 1. The molecule has 0 saturated carbocycles. The van der Waals surface area contributed by atoms with E-state index in [1.54, 1.807) is 0 Å². The number of piperidine rings is 1. The van der Waals surface area contributed by atoms with E-state index in [1.807, 2.05) is 12.3 Å². The summed E-state index contributed by atoms with van der Waals surface area (Å²) in [5, 5.41) is 9.02. The SMILES string of the molecule is C=CC(=O)Nc1cc(Nc2cc(-c3cn(C)c4c3=CCCC=4)ccn2)ccc1N1CCC(C)CC1. The minimum atomic E-state index is -0.212. The number of hydrogen-bond acceptors (Lipinski definition) is 4. The van der Waals surface area contributed by atoms with Gasteiger partial charge in [-0.25, -0.2) is 4.98 Å².